The summed E-state index contributed by atoms with van der Waals surface area (Å²) in [7, 11) is 0. The highest BCUT2D eigenvalue weighted by Crippen LogP contribution is 2.40. The minimum atomic E-state index is -0.416. The fourth-order valence-electron chi connectivity index (χ4n) is 3.43. The second-order valence-corrected chi connectivity index (χ2v) is 7.91. The number of anilines is 1. The van der Waals surface area contributed by atoms with E-state index in [0.717, 1.165) is 44.1 Å². The molecular formula is C19H30N2O2S. The van der Waals surface area contributed by atoms with Gasteiger partial charge in [0.05, 0.1) is 5.56 Å². The Morgan fingerprint density at radius 1 is 1.21 bits per heavy atom. The molecule has 1 aliphatic carbocycles. The fraction of sp³-hybridized carbons (Fsp3) is 0.684. The molecule has 0 radical (unpaired) electrons. The van der Waals surface area contributed by atoms with Crippen LogP contribution in [0.25, 0.3) is 0 Å². The quantitative estimate of drug-likeness (QED) is 0.636. The van der Waals surface area contributed by atoms with Gasteiger partial charge in [0.2, 0.25) is 5.91 Å². The van der Waals surface area contributed by atoms with Crippen molar-refractivity contribution >= 4 is 28.2 Å². The van der Waals surface area contributed by atoms with E-state index in [9.17, 15) is 9.59 Å². The van der Waals surface area contributed by atoms with E-state index in [1.54, 1.807) is 11.3 Å². The van der Waals surface area contributed by atoms with Crippen molar-refractivity contribution in [2.45, 2.75) is 78.1 Å². The molecule has 2 amide bonds. The maximum atomic E-state index is 12.2. The fourth-order valence-corrected chi connectivity index (χ4v) is 4.81. The number of thiophene rings is 1. The van der Waals surface area contributed by atoms with Gasteiger partial charge in [-0.1, -0.05) is 46.0 Å². The summed E-state index contributed by atoms with van der Waals surface area (Å²) in [5, 5.41) is 3.62. The van der Waals surface area contributed by atoms with Crippen molar-refractivity contribution in [3.8, 4) is 0 Å². The predicted molar refractivity (Wildman–Crippen MR) is 101 cm³/mol. The molecule has 1 aromatic rings. The highest BCUT2D eigenvalue weighted by Gasteiger charge is 2.27. The molecule has 0 bridgehead atoms. The normalized spacial score (nSPS) is 16.7. The number of amides is 2. The first kappa shape index (κ1) is 19.0. The van der Waals surface area contributed by atoms with E-state index in [0.29, 0.717) is 22.9 Å². The minimum Gasteiger partial charge on any atom is -0.365 e. The number of unbranched alkanes of at least 4 members (excludes halogenated alkanes) is 4. The Bertz CT molecular complexity index is 580. The van der Waals surface area contributed by atoms with Gasteiger partial charge in [-0.05, 0) is 37.2 Å². The summed E-state index contributed by atoms with van der Waals surface area (Å²) in [5.41, 5.74) is 7.24. The van der Waals surface area contributed by atoms with Crippen LogP contribution in [0.2, 0.25) is 0 Å². The van der Waals surface area contributed by atoms with Gasteiger partial charge in [-0.3, -0.25) is 9.59 Å². The van der Waals surface area contributed by atoms with Gasteiger partial charge < -0.3 is 11.1 Å². The molecule has 0 fully saturated rings. The van der Waals surface area contributed by atoms with Crippen molar-refractivity contribution in [3.63, 3.8) is 0 Å². The molecule has 1 heterocycles. The second-order valence-electron chi connectivity index (χ2n) is 6.80. The van der Waals surface area contributed by atoms with E-state index in [1.807, 2.05) is 0 Å². The molecule has 2 rings (SSSR count). The zero-order chi connectivity index (χ0) is 17.5. The average Bonchev–Trinajstić information content (AvgIpc) is 2.91. The van der Waals surface area contributed by atoms with Gasteiger partial charge in [-0.25, -0.2) is 0 Å². The molecule has 5 heteroatoms. The zero-order valence-corrected chi connectivity index (χ0v) is 15.8. The minimum absolute atomic E-state index is 0.000336. The third-order valence-corrected chi connectivity index (χ3v) is 6.12. The summed E-state index contributed by atoms with van der Waals surface area (Å²) in [6, 6.07) is 0. The maximum Gasteiger partial charge on any atom is 0.251 e. The summed E-state index contributed by atoms with van der Waals surface area (Å²) in [4.78, 5) is 25.3. The number of carbonyl (C=O) groups is 2. The van der Waals surface area contributed by atoms with E-state index in [4.69, 9.17) is 5.73 Å². The van der Waals surface area contributed by atoms with Crippen LogP contribution in [0.3, 0.4) is 0 Å². The van der Waals surface area contributed by atoms with Crippen molar-refractivity contribution in [2.75, 3.05) is 5.32 Å². The number of hydrogen-bond acceptors (Lipinski definition) is 3. The summed E-state index contributed by atoms with van der Waals surface area (Å²) in [6.07, 6.45) is 10.3. The Balaban J connectivity index is 2.00. The van der Waals surface area contributed by atoms with Crippen LogP contribution in [0.4, 0.5) is 5.00 Å². The third kappa shape index (κ3) is 4.82. The topological polar surface area (TPSA) is 72.2 Å². The Labute approximate surface area is 149 Å². The second kappa shape index (κ2) is 9.21. The zero-order valence-electron chi connectivity index (χ0n) is 15.0. The van der Waals surface area contributed by atoms with Gasteiger partial charge in [0, 0.05) is 11.3 Å². The highest BCUT2D eigenvalue weighted by atomic mass is 32.1. The summed E-state index contributed by atoms with van der Waals surface area (Å²) in [6.45, 7) is 4.39. The lowest BCUT2D eigenvalue weighted by Gasteiger charge is -2.20. The van der Waals surface area contributed by atoms with E-state index < -0.39 is 5.91 Å². The Hall–Kier alpha value is -1.36. The monoisotopic (exact) mass is 350 g/mol. The first-order valence-corrected chi connectivity index (χ1v) is 10.1. The molecule has 0 saturated heterocycles. The van der Waals surface area contributed by atoms with Gasteiger partial charge in [-0.15, -0.1) is 11.3 Å². The standard InChI is InChI=1S/C19H30N2O2S/c1-3-5-6-7-8-9-16(22)21-19-17(18(20)23)14-11-10-13(4-2)12-15(14)24-19/h13H,3-12H2,1-2H3,(H2,20,23)(H,21,22). The van der Waals surface area contributed by atoms with E-state index in [-0.39, 0.29) is 5.91 Å². The molecule has 0 spiro atoms. The van der Waals surface area contributed by atoms with Gasteiger partial charge >= 0.3 is 0 Å². The molecule has 1 atom stereocenters. The molecule has 0 aromatic carbocycles. The van der Waals surface area contributed by atoms with E-state index in [2.05, 4.69) is 19.2 Å². The van der Waals surface area contributed by atoms with Crippen molar-refractivity contribution in [1.82, 2.24) is 0 Å². The number of nitrogens with two attached hydrogens (primary N) is 1. The third-order valence-electron chi connectivity index (χ3n) is 4.95. The molecule has 3 N–H and O–H groups in total. The largest absolute Gasteiger partial charge is 0.365 e. The summed E-state index contributed by atoms with van der Waals surface area (Å²) < 4.78 is 0. The van der Waals surface area contributed by atoms with E-state index >= 15 is 0 Å². The molecular weight excluding hydrogens is 320 g/mol. The van der Waals surface area contributed by atoms with Gasteiger partial charge in [0.25, 0.3) is 5.91 Å². The van der Waals surface area contributed by atoms with Crippen molar-refractivity contribution in [2.24, 2.45) is 11.7 Å². The molecule has 4 nitrogen and oxygen atoms in total. The van der Waals surface area contributed by atoms with Crippen LogP contribution in [0, 0.1) is 5.92 Å². The van der Waals surface area contributed by atoms with Gasteiger partial charge in [0.1, 0.15) is 5.00 Å². The number of fused-ring (bicyclic) bond motifs is 1. The van der Waals surface area contributed by atoms with Gasteiger partial charge in [-0.2, -0.15) is 0 Å². The average molecular weight is 351 g/mol. The van der Waals surface area contributed by atoms with Crippen LogP contribution < -0.4 is 11.1 Å². The number of rotatable bonds is 9. The first-order valence-electron chi connectivity index (χ1n) is 9.30. The van der Waals surface area contributed by atoms with Crippen molar-refractivity contribution in [3.05, 3.63) is 16.0 Å². The van der Waals surface area contributed by atoms with Crippen LogP contribution in [-0.2, 0) is 17.6 Å². The van der Waals surface area contributed by atoms with E-state index in [1.165, 1.54) is 24.1 Å². The molecule has 0 aliphatic heterocycles. The number of hydrogen-bond donors (Lipinski definition) is 2. The SMILES string of the molecule is CCCCCCCC(=O)Nc1sc2c(c1C(N)=O)CCC(CC)C2. The maximum absolute atomic E-state index is 12.2. The van der Waals surface area contributed by atoms with Crippen LogP contribution in [0.5, 0.6) is 0 Å². The van der Waals surface area contributed by atoms with Crippen LogP contribution in [0.1, 0.15) is 86.0 Å². The number of primary amides is 1. The molecule has 1 aliphatic rings. The molecule has 24 heavy (non-hydrogen) atoms. The smallest absolute Gasteiger partial charge is 0.251 e. The van der Waals surface area contributed by atoms with Crippen LogP contribution in [-0.4, -0.2) is 11.8 Å². The molecule has 134 valence electrons. The Morgan fingerprint density at radius 2 is 1.96 bits per heavy atom. The molecule has 1 unspecified atom stereocenters. The van der Waals surface area contributed by atoms with Crippen molar-refractivity contribution in [1.29, 1.82) is 0 Å². The van der Waals surface area contributed by atoms with Crippen LogP contribution >= 0.6 is 11.3 Å². The molecule has 0 saturated carbocycles. The number of carbonyl (C=O) groups excluding carboxylic acids is 2. The van der Waals surface area contributed by atoms with Crippen LogP contribution in [0.15, 0.2) is 0 Å². The lowest BCUT2D eigenvalue weighted by Crippen LogP contribution is -2.19. The highest BCUT2D eigenvalue weighted by molar-refractivity contribution is 7.17. The lowest BCUT2D eigenvalue weighted by atomic mass is 9.85. The predicted octanol–water partition coefficient (Wildman–Crippen LogP) is 4.66. The van der Waals surface area contributed by atoms with Crippen molar-refractivity contribution < 1.29 is 9.59 Å². The Kier molecular flexibility index (Phi) is 7.28. The Morgan fingerprint density at radius 3 is 2.62 bits per heavy atom. The first-order chi connectivity index (χ1) is 11.6. The summed E-state index contributed by atoms with van der Waals surface area (Å²) in [5.74, 6) is 0.263. The number of nitrogens with one attached hydrogen (secondary N) is 1. The molecule has 1 aromatic heterocycles. The summed E-state index contributed by atoms with van der Waals surface area (Å²) >= 11 is 1.55. The van der Waals surface area contributed by atoms with Gasteiger partial charge in [0.15, 0.2) is 0 Å². The lowest BCUT2D eigenvalue weighted by molar-refractivity contribution is -0.116.